The second-order valence-corrected chi connectivity index (χ2v) is 7.59. The molecule has 0 saturated heterocycles. The first-order valence-electron chi connectivity index (χ1n) is 9.55. The number of nitrogens with two attached hydrogens (primary N) is 1. The van der Waals surface area contributed by atoms with Crippen LogP contribution in [0.4, 0.5) is 5.69 Å². The average molecular weight is 458 g/mol. The van der Waals surface area contributed by atoms with Gasteiger partial charge in [-0.25, -0.2) is 4.79 Å². The first-order chi connectivity index (χ1) is 15.4. The molecule has 3 aromatic rings. The minimum absolute atomic E-state index is 0.163. The molecule has 0 bridgehead atoms. The molecule has 10 heteroatoms. The standard InChI is InChI=1S/C22H22N2O7S/c1-4-30-22(27)18-10-12-7-14(5-6-17(12)32-18)24-21(26)13-8-15(28-2)20(16(9-13)29-3)31-11-19(23)25/h5-10H,4,11H2,1-3H3,(H2,23,25)(H,24,26). The van der Waals surface area contributed by atoms with Crippen LogP contribution in [-0.2, 0) is 9.53 Å². The van der Waals surface area contributed by atoms with Crippen molar-refractivity contribution in [1.82, 2.24) is 0 Å². The summed E-state index contributed by atoms with van der Waals surface area (Å²) in [5, 5.41) is 3.62. The monoisotopic (exact) mass is 458 g/mol. The Hall–Kier alpha value is -3.79. The van der Waals surface area contributed by atoms with Crippen LogP contribution in [0.2, 0.25) is 0 Å². The van der Waals surface area contributed by atoms with Crippen LogP contribution >= 0.6 is 11.3 Å². The smallest absolute Gasteiger partial charge is 0.348 e. The van der Waals surface area contributed by atoms with E-state index >= 15 is 0 Å². The normalized spacial score (nSPS) is 10.5. The lowest BCUT2D eigenvalue weighted by Gasteiger charge is -2.15. The number of hydrogen-bond acceptors (Lipinski definition) is 8. The molecule has 2 aromatic carbocycles. The number of thiophene rings is 1. The van der Waals surface area contributed by atoms with Crippen molar-refractivity contribution in [2.75, 3.05) is 32.8 Å². The Balaban J connectivity index is 1.85. The number of carbonyl (C=O) groups is 3. The van der Waals surface area contributed by atoms with E-state index in [-0.39, 0.29) is 35.4 Å². The SMILES string of the molecule is CCOC(=O)c1cc2cc(NC(=O)c3cc(OC)c(OCC(N)=O)c(OC)c3)ccc2s1. The maximum atomic E-state index is 12.9. The van der Waals surface area contributed by atoms with E-state index < -0.39 is 11.8 Å². The molecule has 0 unspecified atom stereocenters. The number of methoxy groups -OCH3 is 2. The zero-order chi connectivity index (χ0) is 23.3. The number of benzene rings is 2. The quantitative estimate of drug-likeness (QED) is 0.472. The highest BCUT2D eigenvalue weighted by atomic mass is 32.1. The van der Waals surface area contributed by atoms with Gasteiger partial charge in [-0.1, -0.05) is 0 Å². The Morgan fingerprint density at radius 3 is 2.31 bits per heavy atom. The number of hydrogen-bond donors (Lipinski definition) is 2. The summed E-state index contributed by atoms with van der Waals surface area (Å²) in [5.74, 6) is -0.867. The lowest BCUT2D eigenvalue weighted by atomic mass is 10.1. The molecule has 0 atom stereocenters. The van der Waals surface area contributed by atoms with Crippen LogP contribution in [0, 0.1) is 0 Å². The third kappa shape index (κ3) is 5.09. The van der Waals surface area contributed by atoms with E-state index in [1.54, 1.807) is 25.1 Å². The van der Waals surface area contributed by atoms with Crippen LogP contribution in [0.1, 0.15) is 27.0 Å². The van der Waals surface area contributed by atoms with Crippen molar-refractivity contribution >= 4 is 44.9 Å². The molecule has 2 amide bonds. The summed E-state index contributed by atoms with van der Waals surface area (Å²) >= 11 is 1.32. The van der Waals surface area contributed by atoms with Crippen LogP contribution < -0.4 is 25.3 Å². The summed E-state index contributed by atoms with van der Waals surface area (Å²) in [6, 6.07) is 9.99. The number of ether oxygens (including phenoxy) is 4. The molecule has 168 valence electrons. The Kier molecular flexibility index (Phi) is 7.16. The van der Waals surface area contributed by atoms with Crippen LogP contribution in [0.15, 0.2) is 36.4 Å². The fourth-order valence-electron chi connectivity index (χ4n) is 2.92. The second-order valence-electron chi connectivity index (χ2n) is 6.50. The third-order valence-electron chi connectivity index (χ3n) is 4.33. The lowest BCUT2D eigenvalue weighted by Crippen LogP contribution is -2.20. The fraction of sp³-hybridized carbons (Fsp3) is 0.227. The van der Waals surface area contributed by atoms with Gasteiger partial charge in [-0.15, -0.1) is 11.3 Å². The number of fused-ring (bicyclic) bond motifs is 1. The average Bonchev–Trinajstić information content (AvgIpc) is 3.20. The maximum absolute atomic E-state index is 12.9. The Labute approximate surface area is 188 Å². The summed E-state index contributed by atoms with van der Waals surface area (Å²) in [6.45, 7) is 1.68. The van der Waals surface area contributed by atoms with E-state index in [9.17, 15) is 14.4 Å². The molecule has 9 nitrogen and oxygen atoms in total. The molecule has 0 spiro atoms. The van der Waals surface area contributed by atoms with Gasteiger partial charge in [0.15, 0.2) is 18.1 Å². The summed E-state index contributed by atoms with van der Waals surface area (Å²) in [6.07, 6.45) is 0. The van der Waals surface area contributed by atoms with E-state index in [4.69, 9.17) is 24.7 Å². The number of anilines is 1. The van der Waals surface area contributed by atoms with Crippen LogP contribution in [0.25, 0.3) is 10.1 Å². The van der Waals surface area contributed by atoms with Gasteiger partial charge in [-0.3, -0.25) is 9.59 Å². The van der Waals surface area contributed by atoms with Crippen molar-refractivity contribution < 1.29 is 33.3 Å². The van der Waals surface area contributed by atoms with Crippen molar-refractivity contribution in [3.8, 4) is 17.2 Å². The number of carbonyl (C=O) groups excluding carboxylic acids is 3. The Morgan fingerprint density at radius 2 is 1.72 bits per heavy atom. The summed E-state index contributed by atoms with van der Waals surface area (Å²) in [5.41, 5.74) is 5.92. The number of primary amides is 1. The second kappa shape index (κ2) is 10.0. The molecule has 0 radical (unpaired) electrons. The van der Waals surface area contributed by atoms with Crippen molar-refractivity contribution in [2.45, 2.75) is 6.92 Å². The number of amides is 2. The van der Waals surface area contributed by atoms with Gasteiger partial charge in [0.05, 0.1) is 20.8 Å². The van der Waals surface area contributed by atoms with Crippen molar-refractivity contribution in [3.05, 3.63) is 46.8 Å². The molecule has 0 aliphatic rings. The van der Waals surface area contributed by atoms with Gasteiger partial charge in [-0.05, 0) is 48.7 Å². The molecular weight excluding hydrogens is 436 g/mol. The highest BCUT2D eigenvalue weighted by Gasteiger charge is 2.19. The molecule has 1 aromatic heterocycles. The van der Waals surface area contributed by atoms with Crippen molar-refractivity contribution in [1.29, 1.82) is 0 Å². The largest absolute Gasteiger partial charge is 0.493 e. The van der Waals surface area contributed by atoms with Crippen LogP contribution in [0.3, 0.4) is 0 Å². The van der Waals surface area contributed by atoms with Gasteiger partial charge < -0.3 is 30.0 Å². The van der Waals surface area contributed by atoms with E-state index in [1.807, 2.05) is 6.07 Å². The molecule has 0 aliphatic carbocycles. The molecular formula is C22H22N2O7S. The number of esters is 1. The third-order valence-corrected chi connectivity index (χ3v) is 5.43. The summed E-state index contributed by atoms with van der Waals surface area (Å²) in [7, 11) is 2.80. The molecule has 0 fully saturated rings. The first-order valence-corrected chi connectivity index (χ1v) is 10.4. The van der Waals surface area contributed by atoms with E-state index in [1.165, 1.54) is 37.7 Å². The topological polar surface area (TPSA) is 126 Å². The minimum atomic E-state index is -0.661. The molecule has 1 heterocycles. The lowest BCUT2D eigenvalue weighted by molar-refractivity contribution is -0.120. The molecule has 0 saturated carbocycles. The maximum Gasteiger partial charge on any atom is 0.348 e. The highest BCUT2D eigenvalue weighted by Crippen LogP contribution is 2.39. The van der Waals surface area contributed by atoms with Gasteiger partial charge in [0, 0.05) is 16.0 Å². The van der Waals surface area contributed by atoms with Gasteiger partial charge in [-0.2, -0.15) is 0 Å². The fourth-order valence-corrected chi connectivity index (χ4v) is 3.86. The number of nitrogens with one attached hydrogen (secondary N) is 1. The van der Waals surface area contributed by atoms with Gasteiger partial charge in [0.25, 0.3) is 11.8 Å². The predicted octanol–water partition coefficient (Wildman–Crippen LogP) is 3.21. The first kappa shape index (κ1) is 22.9. The van der Waals surface area contributed by atoms with Crippen molar-refractivity contribution in [3.63, 3.8) is 0 Å². The van der Waals surface area contributed by atoms with E-state index in [0.29, 0.717) is 17.2 Å². The van der Waals surface area contributed by atoms with Crippen LogP contribution in [0.5, 0.6) is 17.2 Å². The Morgan fingerprint density at radius 1 is 1.03 bits per heavy atom. The summed E-state index contributed by atoms with van der Waals surface area (Å²) < 4.78 is 21.9. The van der Waals surface area contributed by atoms with E-state index in [0.717, 1.165) is 10.1 Å². The zero-order valence-electron chi connectivity index (χ0n) is 17.7. The Bertz CT molecular complexity index is 1150. The minimum Gasteiger partial charge on any atom is -0.493 e. The van der Waals surface area contributed by atoms with Crippen LogP contribution in [-0.4, -0.2) is 45.2 Å². The molecule has 3 N–H and O–H groups in total. The van der Waals surface area contributed by atoms with Gasteiger partial charge >= 0.3 is 5.97 Å². The predicted molar refractivity (Wildman–Crippen MR) is 120 cm³/mol. The number of rotatable bonds is 9. The molecule has 3 rings (SSSR count). The van der Waals surface area contributed by atoms with Gasteiger partial charge in [0.1, 0.15) is 4.88 Å². The summed E-state index contributed by atoms with van der Waals surface area (Å²) in [4.78, 5) is 36.3. The van der Waals surface area contributed by atoms with Crippen molar-refractivity contribution in [2.24, 2.45) is 5.73 Å². The van der Waals surface area contributed by atoms with Gasteiger partial charge in [0.2, 0.25) is 5.75 Å². The molecule has 32 heavy (non-hydrogen) atoms. The zero-order valence-corrected chi connectivity index (χ0v) is 18.5. The highest BCUT2D eigenvalue weighted by molar-refractivity contribution is 7.20. The molecule has 0 aliphatic heterocycles. The van der Waals surface area contributed by atoms with E-state index in [2.05, 4.69) is 5.32 Å².